The van der Waals surface area contributed by atoms with Crippen molar-refractivity contribution in [1.82, 2.24) is 15.5 Å². The molecule has 1 saturated heterocycles. The van der Waals surface area contributed by atoms with Crippen molar-refractivity contribution in [1.29, 1.82) is 0 Å². The molecule has 0 aromatic heterocycles. The molecule has 2 heterocycles. The molecule has 3 rings (SSSR count). The van der Waals surface area contributed by atoms with Gasteiger partial charge in [-0.05, 0) is 38.6 Å². The second kappa shape index (κ2) is 8.21. The number of nitrogens with zero attached hydrogens (tertiary/aromatic N) is 1. The van der Waals surface area contributed by atoms with Gasteiger partial charge in [0.2, 0.25) is 12.7 Å². The number of nitrogens with one attached hydrogen (secondary N) is 2. The number of hydrogen-bond acceptors (Lipinski definition) is 6. The Kier molecular flexibility index (Phi) is 5.77. The van der Waals surface area contributed by atoms with Crippen molar-refractivity contribution in [2.75, 3.05) is 46.6 Å². The molecular formula is C17H25N3O4. The van der Waals surface area contributed by atoms with Crippen LogP contribution >= 0.6 is 0 Å². The Morgan fingerprint density at radius 2 is 2.25 bits per heavy atom. The van der Waals surface area contributed by atoms with Gasteiger partial charge in [0.15, 0.2) is 11.5 Å². The zero-order chi connectivity index (χ0) is 16.8. The van der Waals surface area contributed by atoms with Crippen molar-refractivity contribution in [3.05, 3.63) is 18.2 Å². The Hall–Kier alpha value is -1.99. The summed E-state index contributed by atoms with van der Waals surface area (Å²) in [6, 6.07) is 5.95. The molecule has 7 nitrogen and oxygen atoms in total. The van der Waals surface area contributed by atoms with Crippen molar-refractivity contribution < 1.29 is 19.0 Å². The molecular weight excluding hydrogens is 310 g/mol. The molecule has 1 aromatic carbocycles. The van der Waals surface area contributed by atoms with Crippen LogP contribution in [0.4, 0.5) is 0 Å². The monoisotopic (exact) mass is 335 g/mol. The van der Waals surface area contributed by atoms with Crippen molar-refractivity contribution >= 4 is 5.91 Å². The molecule has 1 fully saturated rings. The van der Waals surface area contributed by atoms with Crippen molar-refractivity contribution in [3.63, 3.8) is 0 Å². The SMILES string of the molecule is CNC1CCCN(CC(=O)NCCOc2ccc3c(c2)OCO3)C1. The van der Waals surface area contributed by atoms with E-state index in [0.717, 1.165) is 25.3 Å². The molecule has 0 aliphatic carbocycles. The van der Waals surface area contributed by atoms with Crippen LogP contribution in [0.2, 0.25) is 0 Å². The lowest BCUT2D eigenvalue weighted by atomic mass is 10.1. The predicted octanol–water partition coefficient (Wildman–Crippen LogP) is 0.594. The lowest BCUT2D eigenvalue weighted by molar-refractivity contribution is -0.122. The Bertz CT molecular complexity index is 567. The molecule has 0 bridgehead atoms. The standard InChI is InChI=1S/C17H25N3O4/c1-18-13-3-2-7-20(10-13)11-17(21)19-6-8-22-14-4-5-15-16(9-14)24-12-23-15/h4-5,9,13,18H,2-3,6-8,10-12H2,1H3,(H,19,21). The molecule has 0 radical (unpaired) electrons. The molecule has 2 N–H and O–H groups in total. The van der Waals surface area contributed by atoms with Gasteiger partial charge in [-0.25, -0.2) is 0 Å². The Balaban J connectivity index is 1.33. The molecule has 2 aliphatic heterocycles. The van der Waals surface area contributed by atoms with Crippen molar-refractivity contribution in [2.24, 2.45) is 0 Å². The summed E-state index contributed by atoms with van der Waals surface area (Å²) in [5, 5.41) is 6.19. The average molecular weight is 335 g/mol. The van der Waals surface area contributed by atoms with Crippen LogP contribution in [0.15, 0.2) is 18.2 Å². The Labute approximate surface area is 142 Å². The van der Waals surface area contributed by atoms with Gasteiger partial charge < -0.3 is 24.8 Å². The molecule has 7 heteroatoms. The van der Waals surface area contributed by atoms with Gasteiger partial charge in [0.25, 0.3) is 0 Å². The summed E-state index contributed by atoms with van der Waals surface area (Å²) in [5.74, 6) is 2.18. The molecule has 1 amide bonds. The smallest absolute Gasteiger partial charge is 0.234 e. The minimum Gasteiger partial charge on any atom is -0.492 e. The first-order valence-corrected chi connectivity index (χ1v) is 8.43. The number of likely N-dealkylation sites (N-methyl/N-ethyl adjacent to an activating group) is 1. The normalized spacial score (nSPS) is 20.0. The van der Waals surface area contributed by atoms with Crippen LogP contribution in [-0.2, 0) is 4.79 Å². The number of piperidine rings is 1. The lowest BCUT2D eigenvalue weighted by Crippen LogP contribution is -2.48. The third kappa shape index (κ3) is 4.52. The largest absolute Gasteiger partial charge is 0.492 e. The predicted molar refractivity (Wildman–Crippen MR) is 89.6 cm³/mol. The zero-order valence-corrected chi connectivity index (χ0v) is 14.0. The highest BCUT2D eigenvalue weighted by Crippen LogP contribution is 2.34. The van der Waals surface area contributed by atoms with Gasteiger partial charge in [0, 0.05) is 18.7 Å². The third-order valence-electron chi connectivity index (χ3n) is 4.32. The van der Waals surface area contributed by atoms with Gasteiger partial charge >= 0.3 is 0 Å². The van der Waals surface area contributed by atoms with Crippen LogP contribution in [0.3, 0.4) is 0 Å². The first kappa shape index (κ1) is 16.9. The average Bonchev–Trinajstić information content (AvgIpc) is 3.06. The zero-order valence-electron chi connectivity index (χ0n) is 14.0. The summed E-state index contributed by atoms with van der Waals surface area (Å²) in [5.41, 5.74) is 0. The fraction of sp³-hybridized carbons (Fsp3) is 0.588. The van der Waals surface area contributed by atoms with Gasteiger partial charge in [-0.3, -0.25) is 9.69 Å². The molecule has 24 heavy (non-hydrogen) atoms. The van der Waals surface area contributed by atoms with Crippen LogP contribution in [0.25, 0.3) is 0 Å². The van der Waals surface area contributed by atoms with E-state index < -0.39 is 0 Å². The quantitative estimate of drug-likeness (QED) is 0.711. The summed E-state index contributed by atoms with van der Waals surface area (Å²) < 4.78 is 16.2. The molecule has 2 aliphatic rings. The van der Waals surface area contributed by atoms with E-state index in [1.807, 2.05) is 19.2 Å². The van der Waals surface area contributed by atoms with Gasteiger partial charge in [-0.15, -0.1) is 0 Å². The van der Waals surface area contributed by atoms with E-state index in [0.29, 0.717) is 37.2 Å². The van der Waals surface area contributed by atoms with Crippen LogP contribution in [-0.4, -0.2) is 63.5 Å². The second-order valence-electron chi connectivity index (χ2n) is 6.08. The van der Waals surface area contributed by atoms with Crippen molar-refractivity contribution in [3.8, 4) is 17.2 Å². The highest BCUT2D eigenvalue weighted by molar-refractivity contribution is 5.78. The second-order valence-corrected chi connectivity index (χ2v) is 6.08. The van der Waals surface area contributed by atoms with Crippen LogP contribution in [0, 0.1) is 0 Å². The molecule has 1 atom stereocenters. The van der Waals surface area contributed by atoms with E-state index in [1.54, 1.807) is 6.07 Å². The minimum atomic E-state index is 0.0426. The van der Waals surface area contributed by atoms with Crippen LogP contribution in [0.5, 0.6) is 17.2 Å². The van der Waals surface area contributed by atoms with E-state index in [1.165, 1.54) is 6.42 Å². The Morgan fingerprint density at radius 1 is 1.38 bits per heavy atom. The van der Waals surface area contributed by atoms with Gasteiger partial charge in [0.1, 0.15) is 12.4 Å². The van der Waals surface area contributed by atoms with E-state index in [9.17, 15) is 4.79 Å². The molecule has 0 spiro atoms. The van der Waals surface area contributed by atoms with Crippen molar-refractivity contribution in [2.45, 2.75) is 18.9 Å². The molecule has 0 saturated carbocycles. The number of rotatable bonds is 7. The number of hydrogen-bond donors (Lipinski definition) is 2. The number of fused-ring (bicyclic) bond motifs is 1. The van der Waals surface area contributed by atoms with E-state index in [2.05, 4.69) is 15.5 Å². The number of carbonyl (C=O) groups excluding carboxylic acids is 1. The molecule has 132 valence electrons. The van der Waals surface area contributed by atoms with Gasteiger partial charge in [-0.1, -0.05) is 0 Å². The number of benzene rings is 1. The summed E-state index contributed by atoms with van der Waals surface area (Å²) in [7, 11) is 1.97. The molecule has 1 unspecified atom stereocenters. The van der Waals surface area contributed by atoms with E-state index in [-0.39, 0.29) is 12.7 Å². The van der Waals surface area contributed by atoms with E-state index in [4.69, 9.17) is 14.2 Å². The molecule has 1 aromatic rings. The maximum absolute atomic E-state index is 12.0. The number of ether oxygens (including phenoxy) is 3. The first-order valence-electron chi connectivity index (χ1n) is 8.43. The summed E-state index contributed by atoms with van der Waals surface area (Å²) in [6.45, 7) is 3.51. The first-order chi connectivity index (χ1) is 11.7. The summed E-state index contributed by atoms with van der Waals surface area (Å²) in [6.07, 6.45) is 2.31. The van der Waals surface area contributed by atoms with Gasteiger partial charge in [0.05, 0.1) is 13.1 Å². The lowest BCUT2D eigenvalue weighted by Gasteiger charge is -2.31. The number of amides is 1. The third-order valence-corrected chi connectivity index (χ3v) is 4.32. The maximum atomic E-state index is 12.0. The number of likely N-dealkylation sites (tertiary alicyclic amines) is 1. The fourth-order valence-corrected chi connectivity index (χ4v) is 3.02. The van der Waals surface area contributed by atoms with Gasteiger partial charge in [-0.2, -0.15) is 0 Å². The van der Waals surface area contributed by atoms with Crippen LogP contribution < -0.4 is 24.8 Å². The highest BCUT2D eigenvalue weighted by atomic mass is 16.7. The maximum Gasteiger partial charge on any atom is 0.234 e. The minimum absolute atomic E-state index is 0.0426. The summed E-state index contributed by atoms with van der Waals surface area (Å²) in [4.78, 5) is 14.2. The summed E-state index contributed by atoms with van der Waals surface area (Å²) >= 11 is 0. The fourth-order valence-electron chi connectivity index (χ4n) is 3.02. The topological polar surface area (TPSA) is 72.1 Å². The Morgan fingerprint density at radius 3 is 3.12 bits per heavy atom. The van der Waals surface area contributed by atoms with E-state index >= 15 is 0 Å². The highest BCUT2D eigenvalue weighted by Gasteiger charge is 2.20. The number of carbonyl (C=O) groups is 1. The van der Waals surface area contributed by atoms with Crippen LogP contribution in [0.1, 0.15) is 12.8 Å².